The van der Waals surface area contributed by atoms with Crippen molar-refractivity contribution in [3.8, 4) is 0 Å². The van der Waals surface area contributed by atoms with Crippen molar-refractivity contribution in [2.45, 2.75) is 0 Å². The average Bonchev–Trinajstić information content (AvgIpc) is 2.31. The fourth-order valence-electron chi connectivity index (χ4n) is 0.784. The maximum atomic E-state index is 5.16. The highest BCUT2D eigenvalue weighted by atomic mass is 13.7. The third-order valence-electron chi connectivity index (χ3n) is 1.47. The van der Waals surface area contributed by atoms with E-state index in [1.165, 1.54) is 6.08 Å². The predicted octanol–water partition coefficient (Wildman–Crippen LogP) is 4.50. The van der Waals surface area contributed by atoms with Gasteiger partial charge in [0.05, 0.1) is 0 Å². The largest absolute Gasteiger partial charge is 0.0991 e. The van der Waals surface area contributed by atoms with E-state index in [0.717, 1.165) is 0 Å². The van der Waals surface area contributed by atoms with Crippen LogP contribution in [0.3, 0.4) is 0 Å². The lowest BCUT2D eigenvalue weighted by Gasteiger charge is -1.74. The van der Waals surface area contributed by atoms with Gasteiger partial charge in [-0.1, -0.05) is 98.2 Å². The average molecular weight is 209 g/mol. The molecule has 0 N–H and O–H groups in total. The SMILES string of the molecule is [CH]=C/C=C/C=C/C=C/C=C/C=C/C=C/C=C. The molecule has 1 radical (unpaired) electrons. The van der Waals surface area contributed by atoms with E-state index in [2.05, 4.69) is 6.58 Å². The predicted molar refractivity (Wildman–Crippen MR) is 73.9 cm³/mol. The Morgan fingerprint density at radius 1 is 0.500 bits per heavy atom. The molecule has 0 amide bonds. The molecular weight excluding hydrogens is 192 g/mol. The van der Waals surface area contributed by atoms with Crippen LogP contribution in [0.5, 0.6) is 0 Å². The molecule has 0 unspecified atom stereocenters. The molecule has 0 atom stereocenters. The third-order valence-corrected chi connectivity index (χ3v) is 1.47. The Hall–Kier alpha value is -2.08. The van der Waals surface area contributed by atoms with Gasteiger partial charge in [0.25, 0.3) is 0 Å². The molecule has 0 aliphatic rings. The Morgan fingerprint density at radius 3 is 1.12 bits per heavy atom. The second kappa shape index (κ2) is 12.9. The molecule has 0 saturated heterocycles. The van der Waals surface area contributed by atoms with Gasteiger partial charge in [-0.15, -0.1) is 0 Å². The number of allylic oxidation sites excluding steroid dienone is 14. The molecule has 81 valence electrons. The van der Waals surface area contributed by atoms with Crippen LogP contribution in [0.1, 0.15) is 0 Å². The minimum atomic E-state index is 1.50. The van der Waals surface area contributed by atoms with E-state index in [4.69, 9.17) is 6.58 Å². The summed E-state index contributed by atoms with van der Waals surface area (Å²) >= 11 is 0. The van der Waals surface area contributed by atoms with Gasteiger partial charge in [0, 0.05) is 0 Å². The zero-order valence-corrected chi connectivity index (χ0v) is 9.37. The standard InChI is InChI=1S/C16H17/c1-3-5-7-9-11-13-15-16-14-12-10-8-6-4-2/h1,3-16H,2H2/b3-1?,7-5+,8-6+,11-9+,12-10+,15-13+,16-14+. The summed E-state index contributed by atoms with van der Waals surface area (Å²) in [5.41, 5.74) is 0. The van der Waals surface area contributed by atoms with E-state index < -0.39 is 0 Å². The van der Waals surface area contributed by atoms with Gasteiger partial charge in [-0.05, 0) is 0 Å². The smallest absolute Gasteiger partial charge is 0.0623 e. The van der Waals surface area contributed by atoms with Crippen LogP contribution in [0.4, 0.5) is 0 Å². The van der Waals surface area contributed by atoms with Gasteiger partial charge in [-0.3, -0.25) is 0 Å². The van der Waals surface area contributed by atoms with Crippen LogP contribution < -0.4 is 0 Å². The van der Waals surface area contributed by atoms with E-state index in [1.54, 1.807) is 12.2 Å². The summed E-state index contributed by atoms with van der Waals surface area (Å²) in [6.45, 7) is 8.74. The van der Waals surface area contributed by atoms with Crippen LogP contribution in [0.2, 0.25) is 0 Å². The lowest BCUT2D eigenvalue weighted by Crippen LogP contribution is -1.52. The van der Waals surface area contributed by atoms with E-state index in [1.807, 2.05) is 66.8 Å². The van der Waals surface area contributed by atoms with Crippen molar-refractivity contribution in [3.05, 3.63) is 98.2 Å². The van der Waals surface area contributed by atoms with E-state index >= 15 is 0 Å². The van der Waals surface area contributed by atoms with E-state index in [0.29, 0.717) is 0 Å². The van der Waals surface area contributed by atoms with Crippen molar-refractivity contribution in [1.29, 1.82) is 0 Å². The summed E-state index contributed by atoms with van der Waals surface area (Å²) in [6.07, 6.45) is 26.3. The van der Waals surface area contributed by atoms with Crippen molar-refractivity contribution in [1.82, 2.24) is 0 Å². The van der Waals surface area contributed by atoms with Crippen LogP contribution in [0.25, 0.3) is 0 Å². The van der Waals surface area contributed by atoms with Gasteiger partial charge >= 0.3 is 0 Å². The van der Waals surface area contributed by atoms with E-state index in [9.17, 15) is 0 Å². The van der Waals surface area contributed by atoms with Crippen LogP contribution in [-0.2, 0) is 0 Å². The molecule has 16 heavy (non-hydrogen) atoms. The summed E-state index contributed by atoms with van der Waals surface area (Å²) in [4.78, 5) is 0. The number of rotatable bonds is 7. The first-order chi connectivity index (χ1) is 7.91. The summed E-state index contributed by atoms with van der Waals surface area (Å²) in [5.74, 6) is 0. The van der Waals surface area contributed by atoms with Crippen molar-refractivity contribution < 1.29 is 0 Å². The Labute approximate surface area is 98.7 Å². The molecule has 0 saturated carbocycles. The molecule has 0 bridgehead atoms. The molecule has 0 aliphatic heterocycles. The van der Waals surface area contributed by atoms with Crippen LogP contribution >= 0.6 is 0 Å². The molecule has 0 aliphatic carbocycles. The van der Waals surface area contributed by atoms with Crippen LogP contribution in [0.15, 0.2) is 91.6 Å². The van der Waals surface area contributed by atoms with Gasteiger partial charge in [-0.2, -0.15) is 0 Å². The zero-order valence-electron chi connectivity index (χ0n) is 9.37. The third kappa shape index (κ3) is 11.9. The first-order valence-electron chi connectivity index (χ1n) is 5.07. The molecule has 0 heteroatoms. The first kappa shape index (κ1) is 13.9. The topological polar surface area (TPSA) is 0 Å². The molecule has 0 heterocycles. The van der Waals surface area contributed by atoms with Gasteiger partial charge in [0.15, 0.2) is 0 Å². The highest BCUT2D eigenvalue weighted by molar-refractivity contribution is 5.20. The van der Waals surface area contributed by atoms with Gasteiger partial charge in [0.1, 0.15) is 0 Å². The molecule has 0 aromatic rings. The lowest BCUT2D eigenvalue weighted by molar-refractivity contribution is 1.83. The summed E-state index contributed by atoms with van der Waals surface area (Å²) < 4.78 is 0. The minimum absolute atomic E-state index is 1.50. The molecule has 0 aromatic heterocycles. The van der Waals surface area contributed by atoms with Gasteiger partial charge in [0.2, 0.25) is 0 Å². The fourth-order valence-corrected chi connectivity index (χ4v) is 0.784. The Morgan fingerprint density at radius 2 is 0.812 bits per heavy atom. The van der Waals surface area contributed by atoms with Gasteiger partial charge < -0.3 is 0 Å². The second-order valence-corrected chi connectivity index (χ2v) is 2.74. The molecule has 0 fully saturated rings. The van der Waals surface area contributed by atoms with E-state index in [-0.39, 0.29) is 0 Å². The summed E-state index contributed by atoms with van der Waals surface area (Å²) in [6, 6.07) is 0. The Bertz CT molecular complexity index is 308. The zero-order chi connectivity index (χ0) is 11.9. The fraction of sp³-hybridized carbons (Fsp3) is 0. The lowest BCUT2D eigenvalue weighted by atomic mass is 10.3. The first-order valence-corrected chi connectivity index (χ1v) is 5.07. The monoisotopic (exact) mass is 209 g/mol. The maximum Gasteiger partial charge on any atom is -0.0623 e. The van der Waals surface area contributed by atoms with Crippen molar-refractivity contribution in [3.63, 3.8) is 0 Å². The molecule has 0 nitrogen and oxygen atoms in total. The highest BCUT2D eigenvalue weighted by Crippen LogP contribution is 1.84. The van der Waals surface area contributed by atoms with Crippen LogP contribution in [0, 0.1) is 6.58 Å². The quantitative estimate of drug-likeness (QED) is 0.542. The molecule has 0 rings (SSSR count). The molecule has 0 aromatic carbocycles. The molecular formula is C16H17. The van der Waals surface area contributed by atoms with Crippen molar-refractivity contribution in [2.24, 2.45) is 0 Å². The summed E-state index contributed by atoms with van der Waals surface area (Å²) in [5, 5.41) is 0. The summed E-state index contributed by atoms with van der Waals surface area (Å²) in [7, 11) is 0. The number of hydrogen-bond acceptors (Lipinski definition) is 0. The Balaban J connectivity index is 3.78. The minimum Gasteiger partial charge on any atom is -0.0991 e. The normalized spacial score (nSPS) is 13.2. The van der Waals surface area contributed by atoms with Crippen molar-refractivity contribution >= 4 is 0 Å². The second-order valence-electron chi connectivity index (χ2n) is 2.74. The Kier molecular flexibility index (Phi) is 11.2. The highest BCUT2D eigenvalue weighted by Gasteiger charge is 1.63. The van der Waals surface area contributed by atoms with Crippen LogP contribution in [-0.4, -0.2) is 0 Å². The van der Waals surface area contributed by atoms with Crippen molar-refractivity contribution in [2.75, 3.05) is 0 Å². The number of hydrogen-bond donors (Lipinski definition) is 0. The van der Waals surface area contributed by atoms with Gasteiger partial charge in [-0.25, -0.2) is 0 Å². The molecule has 0 spiro atoms. The maximum absolute atomic E-state index is 5.16.